The van der Waals surface area contributed by atoms with Gasteiger partial charge in [-0.3, -0.25) is 9.69 Å². The van der Waals surface area contributed by atoms with Gasteiger partial charge in [0.25, 0.3) is 5.91 Å². The first-order chi connectivity index (χ1) is 15.5. The minimum absolute atomic E-state index is 0.0111. The predicted molar refractivity (Wildman–Crippen MR) is 123 cm³/mol. The van der Waals surface area contributed by atoms with E-state index >= 15 is 0 Å². The molecule has 7 heteroatoms. The van der Waals surface area contributed by atoms with Crippen LogP contribution in [0.2, 0.25) is 0 Å². The Morgan fingerprint density at radius 2 is 1.81 bits per heavy atom. The average molecular weight is 439 g/mol. The Kier molecular flexibility index (Phi) is 7.37. The minimum Gasteiger partial charge on any atom is -0.491 e. The quantitative estimate of drug-likeness (QED) is 0.688. The number of morpholine rings is 1. The number of carbonyl (C=O) groups excluding carboxylic acids is 1. The molecule has 0 atom stereocenters. The van der Waals surface area contributed by atoms with Gasteiger partial charge in [0.1, 0.15) is 11.6 Å². The Morgan fingerprint density at radius 3 is 2.44 bits per heavy atom. The maximum Gasteiger partial charge on any atom is 0.257 e. The molecule has 1 amide bonds. The van der Waals surface area contributed by atoms with Gasteiger partial charge in [-0.1, -0.05) is 12.1 Å². The third kappa shape index (κ3) is 5.64. The van der Waals surface area contributed by atoms with Gasteiger partial charge in [-0.2, -0.15) is 0 Å². The molecule has 3 heterocycles. The van der Waals surface area contributed by atoms with Crippen LogP contribution in [0.4, 0.5) is 0 Å². The maximum absolute atomic E-state index is 12.8. The van der Waals surface area contributed by atoms with Crippen molar-refractivity contribution in [2.45, 2.75) is 52.2 Å². The van der Waals surface area contributed by atoms with Gasteiger partial charge in [-0.25, -0.2) is 9.97 Å². The highest BCUT2D eigenvalue weighted by atomic mass is 16.5. The van der Waals surface area contributed by atoms with Crippen LogP contribution in [0.1, 0.15) is 60.0 Å². The summed E-state index contributed by atoms with van der Waals surface area (Å²) in [4.78, 5) is 26.4. The van der Waals surface area contributed by atoms with Crippen LogP contribution in [0.25, 0.3) is 0 Å². The van der Waals surface area contributed by atoms with Crippen LogP contribution in [-0.4, -0.2) is 71.2 Å². The van der Waals surface area contributed by atoms with Gasteiger partial charge >= 0.3 is 0 Å². The number of hydrogen-bond acceptors (Lipinski definition) is 6. The van der Waals surface area contributed by atoms with Crippen molar-refractivity contribution in [2.75, 3.05) is 39.4 Å². The summed E-state index contributed by atoms with van der Waals surface area (Å²) in [6, 6.07) is 8.41. The molecule has 172 valence electrons. The van der Waals surface area contributed by atoms with Gasteiger partial charge < -0.3 is 14.4 Å². The Balaban J connectivity index is 1.31. The molecule has 4 rings (SSSR count). The molecule has 7 nitrogen and oxygen atoms in total. The average Bonchev–Trinajstić information content (AvgIpc) is 2.81. The molecule has 0 radical (unpaired) electrons. The second-order valence-corrected chi connectivity index (χ2v) is 8.99. The lowest BCUT2D eigenvalue weighted by molar-refractivity contribution is 0.0301. The zero-order valence-corrected chi connectivity index (χ0v) is 19.4. The van der Waals surface area contributed by atoms with Crippen LogP contribution in [0, 0.1) is 6.92 Å². The van der Waals surface area contributed by atoms with E-state index < -0.39 is 0 Å². The largest absolute Gasteiger partial charge is 0.491 e. The molecule has 0 bridgehead atoms. The molecule has 0 aliphatic carbocycles. The van der Waals surface area contributed by atoms with E-state index in [0.29, 0.717) is 37.8 Å². The number of aryl methyl sites for hydroxylation is 1. The highest BCUT2D eigenvalue weighted by Gasteiger charge is 2.25. The molecule has 1 aromatic heterocycles. The van der Waals surface area contributed by atoms with E-state index in [4.69, 9.17) is 14.5 Å². The topological polar surface area (TPSA) is 67.8 Å². The fraction of sp³-hybridized carbons (Fsp3) is 0.560. The summed E-state index contributed by atoms with van der Waals surface area (Å²) in [5, 5.41) is 0. The van der Waals surface area contributed by atoms with E-state index in [1.165, 1.54) is 5.56 Å². The van der Waals surface area contributed by atoms with Crippen LogP contribution in [0.15, 0.2) is 30.5 Å². The van der Waals surface area contributed by atoms with E-state index in [2.05, 4.69) is 34.1 Å². The van der Waals surface area contributed by atoms with E-state index in [0.717, 1.165) is 49.7 Å². The molecule has 0 N–H and O–H groups in total. The number of amides is 1. The molecule has 0 saturated carbocycles. The van der Waals surface area contributed by atoms with Crippen molar-refractivity contribution in [3.05, 3.63) is 53.1 Å². The number of likely N-dealkylation sites (tertiary alicyclic amines) is 1. The number of aromatic nitrogens is 2. The van der Waals surface area contributed by atoms with Crippen LogP contribution in [-0.2, 0) is 11.3 Å². The first-order valence-electron chi connectivity index (χ1n) is 11.7. The van der Waals surface area contributed by atoms with Crippen molar-refractivity contribution in [3.8, 4) is 5.75 Å². The fourth-order valence-corrected chi connectivity index (χ4v) is 4.38. The molecule has 0 unspecified atom stereocenters. The number of hydrogen-bond donors (Lipinski definition) is 0. The number of benzene rings is 1. The van der Waals surface area contributed by atoms with Crippen LogP contribution >= 0.6 is 0 Å². The molecule has 1 aromatic carbocycles. The predicted octanol–water partition coefficient (Wildman–Crippen LogP) is 3.42. The Morgan fingerprint density at radius 1 is 1.12 bits per heavy atom. The highest BCUT2D eigenvalue weighted by Crippen LogP contribution is 2.27. The molecule has 32 heavy (non-hydrogen) atoms. The Labute approximate surface area is 190 Å². The summed E-state index contributed by atoms with van der Waals surface area (Å²) in [5.41, 5.74) is 2.69. The maximum atomic E-state index is 12.8. The van der Waals surface area contributed by atoms with Gasteiger partial charge in [-0.15, -0.1) is 0 Å². The van der Waals surface area contributed by atoms with Gasteiger partial charge in [-0.05, 0) is 64.4 Å². The SMILES string of the molecule is Cc1nc(C2CCN(Cc3ccc(OC(C)C)cc3)CC2)ncc1C(=O)N1CCOCC1. The number of piperidine rings is 1. The van der Waals surface area contributed by atoms with Crippen molar-refractivity contribution in [1.29, 1.82) is 0 Å². The third-order valence-electron chi connectivity index (χ3n) is 6.18. The van der Waals surface area contributed by atoms with Gasteiger partial charge in [0.15, 0.2) is 0 Å². The van der Waals surface area contributed by atoms with E-state index in [1.54, 1.807) is 6.20 Å². The van der Waals surface area contributed by atoms with E-state index in [9.17, 15) is 4.79 Å². The molecular formula is C25H34N4O3. The summed E-state index contributed by atoms with van der Waals surface area (Å²) < 4.78 is 11.1. The number of carbonyl (C=O) groups is 1. The van der Waals surface area contributed by atoms with Gasteiger partial charge in [0, 0.05) is 31.7 Å². The number of rotatable bonds is 6. The standard InChI is InChI=1S/C25H34N4O3/c1-18(2)32-22-6-4-20(5-7-22)17-28-10-8-21(9-11-28)24-26-16-23(19(3)27-24)25(30)29-12-14-31-15-13-29/h4-7,16,18,21H,8-15,17H2,1-3H3. The summed E-state index contributed by atoms with van der Waals surface area (Å²) in [6.07, 6.45) is 3.98. The molecule has 2 aliphatic rings. The summed E-state index contributed by atoms with van der Waals surface area (Å²) >= 11 is 0. The van der Waals surface area contributed by atoms with E-state index in [1.807, 2.05) is 25.7 Å². The van der Waals surface area contributed by atoms with Crippen molar-refractivity contribution >= 4 is 5.91 Å². The van der Waals surface area contributed by atoms with Crippen LogP contribution < -0.4 is 4.74 Å². The van der Waals surface area contributed by atoms with Crippen molar-refractivity contribution in [3.63, 3.8) is 0 Å². The van der Waals surface area contributed by atoms with Crippen molar-refractivity contribution in [2.24, 2.45) is 0 Å². The van der Waals surface area contributed by atoms with Gasteiger partial charge in [0.05, 0.1) is 30.6 Å². The lowest BCUT2D eigenvalue weighted by atomic mass is 9.95. The van der Waals surface area contributed by atoms with E-state index in [-0.39, 0.29) is 12.0 Å². The second-order valence-electron chi connectivity index (χ2n) is 8.99. The van der Waals surface area contributed by atoms with Crippen molar-refractivity contribution < 1.29 is 14.3 Å². The van der Waals surface area contributed by atoms with Crippen LogP contribution in [0.3, 0.4) is 0 Å². The zero-order chi connectivity index (χ0) is 22.5. The third-order valence-corrected chi connectivity index (χ3v) is 6.18. The Hall–Kier alpha value is -2.51. The zero-order valence-electron chi connectivity index (χ0n) is 19.4. The molecule has 2 aromatic rings. The van der Waals surface area contributed by atoms with Gasteiger partial charge in [0.2, 0.25) is 0 Å². The molecule has 2 saturated heterocycles. The molecule has 2 aliphatic heterocycles. The Bertz CT molecular complexity index is 902. The minimum atomic E-state index is 0.0111. The summed E-state index contributed by atoms with van der Waals surface area (Å²) in [5.74, 6) is 2.15. The lowest BCUT2D eigenvalue weighted by Gasteiger charge is -2.31. The lowest BCUT2D eigenvalue weighted by Crippen LogP contribution is -2.41. The van der Waals surface area contributed by atoms with Crippen molar-refractivity contribution in [1.82, 2.24) is 19.8 Å². The second kappa shape index (κ2) is 10.4. The normalized spacial score (nSPS) is 18.2. The monoisotopic (exact) mass is 438 g/mol. The molecular weight excluding hydrogens is 404 g/mol. The number of ether oxygens (including phenoxy) is 2. The number of nitrogens with zero attached hydrogens (tertiary/aromatic N) is 4. The molecule has 2 fully saturated rings. The van der Waals surface area contributed by atoms with Crippen LogP contribution in [0.5, 0.6) is 5.75 Å². The first-order valence-corrected chi connectivity index (χ1v) is 11.7. The highest BCUT2D eigenvalue weighted by molar-refractivity contribution is 5.95. The smallest absolute Gasteiger partial charge is 0.257 e. The summed E-state index contributed by atoms with van der Waals surface area (Å²) in [6.45, 7) is 11.4. The summed E-state index contributed by atoms with van der Waals surface area (Å²) in [7, 11) is 0. The fourth-order valence-electron chi connectivity index (χ4n) is 4.38. The first kappa shape index (κ1) is 22.7. The molecule has 0 spiro atoms.